The fourth-order valence-corrected chi connectivity index (χ4v) is 4.11. The lowest BCUT2D eigenvalue weighted by Gasteiger charge is -2.25. The van der Waals surface area contributed by atoms with Crippen LogP contribution in [-0.2, 0) is 11.3 Å². The lowest BCUT2D eigenvalue weighted by atomic mass is 10.1. The molecule has 1 aromatic carbocycles. The first-order valence-electron chi connectivity index (χ1n) is 10.1. The van der Waals surface area contributed by atoms with Gasteiger partial charge in [0.15, 0.2) is 5.65 Å². The lowest BCUT2D eigenvalue weighted by molar-refractivity contribution is -0.122. The number of aromatic nitrogens is 3. The second-order valence-electron chi connectivity index (χ2n) is 7.79. The van der Waals surface area contributed by atoms with Crippen molar-refractivity contribution in [3.63, 3.8) is 0 Å². The van der Waals surface area contributed by atoms with Gasteiger partial charge in [-0.2, -0.15) is 4.52 Å². The van der Waals surface area contributed by atoms with Gasteiger partial charge in [-0.25, -0.2) is 4.98 Å². The second-order valence-corrected chi connectivity index (χ2v) is 8.17. The monoisotopic (exact) mass is 425 g/mol. The highest BCUT2D eigenvalue weighted by Crippen LogP contribution is 2.25. The van der Waals surface area contributed by atoms with Gasteiger partial charge in [-0.1, -0.05) is 55.8 Å². The Kier molecular flexibility index (Phi) is 5.72. The molecule has 0 bridgehead atoms. The maximum absolute atomic E-state index is 12.8. The van der Waals surface area contributed by atoms with Crippen molar-refractivity contribution in [3.05, 3.63) is 69.1 Å². The Morgan fingerprint density at radius 3 is 2.73 bits per heavy atom. The predicted molar refractivity (Wildman–Crippen MR) is 117 cm³/mol. The van der Waals surface area contributed by atoms with E-state index in [1.54, 1.807) is 6.07 Å². The molecule has 1 aliphatic rings. The molecule has 156 valence electrons. The van der Waals surface area contributed by atoms with Gasteiger partial charge in [-0.3, -0.25) is 9.59 Å². The highest BCUT2D eigenvalue weighted by molar-refractivity contribution is 6.31. The predicted octanol–water partition coefficient (Wildman–Crippen LogP) is 3.15. The summed E-state index contributed by atoms with van der Waals surface area (Å²) < 4.78 is 1.22. The van der Waals surface area contributed by atoms with E-state index in [1.807, 2.05) is 55.1 Å². The summed E-state index contributed by atoms with van der Waals surface area (Å²) in [5.74, 6) is 0.556. The summed E-state index contributed by atoms with van der Waals surface area (Å²) >= 11 is 6.24. The zero-order chi connectivity index (χ0) is 21.3. The average molecular weight is 426 g/mol. The van der Waals surface area contributed by atoms with Crippen molar-refractivity contribution in [2.45, 2.75) is 45.2 Å². The molecule has 1 unspecified atom stereocenters. The van der Waals surface area contributed by atoms with Crippen LogP contribution in [0.25, 0.3) is 5.65 Å². The van der Waals surface area contributed by atoms with Crippen LogP contribution in [0.5, 0.6) is 0 Å². The maximum Gasteiger partial charge on any atom is 0.293 e. The van der Waals surface area contributed by atoms with E-state index >= 15 is 0 Å². The second kappa shape index (κ2) is 8.44. The minimum atomic E-state index is -0.392. The summed E-state index contributed by atoms with van der Waals surface area (Å²) in [5.41, 5.74) is 1.67. The number of benzene rings is 1. The molecule has 30 heavy (non-hydrogen) atoms. The van der Waals surface area contributed by atoms with Crippen molar-refractivity contribution in [2.24, 2.45) is 0 Å². The van der Waals surface area contributed by atoms with Crippen LogP contribution < -0.4 is 15.8 Å². The minimum Gasteiger partial charge on any atom is -0.350 e. The lowest BCUT2D eigenvalue weighted by Crippen LogP contribution is -2.43. The number of fused-ring (bicyclic) bond motifs is 1. The van der Waals surface area contributed by atoms with Crippen LogP contribution in [0, 0.1) is 0 Å². The SMILES string of the molecule is CC(C)c1nc2ccc(N3CCCC3C(=O)NCc3ccccc3)nn2c(=O)c1Cl. The normalized spacial score (nSPS) is 16.4. The number of rotatable bonds is 5. The van der Waals surface area contributed by atoms with E-state index in [0.29, 0.717) is 30.2 Å². The number of halogens is 1. The molecular formula is C22H24ClN5O2. The third-order valence-electron chi connectivity index (χ3n) is 5.35. The molecule has 0 radical (unpaired) electrons. The Hall–Kier alpha value is -2.93. The first-order valence-corrected chi connectivity index (χ1v) is 10.5. The molecule has 1 fully saturated rings. The molecule has 0 saturated carbocycles. The molecule has 1 N–H and O–H groups in total. The highest BCUT2D eigenvalue weighted by Gasteiger charge is 2.32. The first kappa shape index (κ1) is 20.3. The van der Waals surface area contributed by atoms with E-state index in [9.17, 15) is 9.59 Å². The van der Waals surface area contributed by atoms with Crippen molar-refractivity contribution < 1.29 is 4.79 Å². The number of carbonyl (C=O) groups is 1. The topological polar surface area (TPSA) is 79.6 Å². The van der Waals surface area contributed by atoms with E-state index in [4.69, 9.17) is 11.6 Å². The number of nitrogens with zero attached hydrogens (tertiary/aromatic N) is 4. The summed E-state index contributed by atoms with van der Waals surface area (Å²) in [7, 11) is 0. The van der Waals surface area contributed by atoms with Crippen molar-refractivity contribution in [1.82, 2.24) is 19.9 Å². The Morgan fingerprint density at radius 1 is 1.23 bits per heavy atom. The molecule has 1 saturated heterocycles. The van der Waals surface area contributed by atoms with Gasteiger partial charge < -0.3 is 10.2 Å². The van der Waals surface area contributed by atoms with Gasteiger partial charge >= 0.3 is 0 Å². The summed E-state index contributed by atoms with van der Waals surface area (Å²) in [6.07, 6.45) is 1.61. The Balaban J connectivity index is 1.59. The number of anilines is 1. The standard InChI is InChI=1S/C22H24ClN5O2/c1-14(2)20-19(23)22(30)28-17(25-20)10-11-18(26-28)27-12-6-9-16(27)21(29)24-13-15-7-4-3-5-8-15/h3-5,7-8,10-11,14,16H,6,9,12-13H2,1-2H3,(H,24,29). The smallest absolute Gasteiger partial charge is 0.293 e. The summed E-state index contributed by atoms with van der Waals surface area (Å²) in [5, 5.41) is 7.57. The molecule has 0 aliphatic carbocycles. The van der Waals surface area contributed by atoms with Gasteiger partial charge in [-0.15, -0.1) is 5.10 Å². The van der Waals surface area contributed by atoms with Crippen molar-refractivity contribution >= 4 is 29.0 Å². The van der Waals surface area contributed by atoms with E-state index in [0.717, 1.165) is 18.4 Å². The van der Waals surface area contributed by atoms with E-state index in [-0.39, 0.29) is 22.9 Å². The van der Waals surface area contributed by atoms with Gasteiger partial charge in [0.1, 0.15) is 16.9 Å². The van der Waals surface area contributed by atoms with Crippen LogP contribution >= 0.6 is 11.6 Å². The summed E-state index contributed by atoms with van der Waals surface area (Å²) in [4.78, 5) is 32.0. The molecule has 4 rings (SSSR count). The number of amides is 1. The molecule has 3 heterocycles. The van der Waals surface area contributed by atoms with Crippen molar-refractivity contribution in [1.29, 1.82) is 0 Å². The van der Waals surface area contributed by atoms with Crippen LogP contribution in [0.4, 0.5) is 5.82 Å². The Bertz CT molecular complexity index is 1130. The van der Waals surface area contributed by atoms with Crippen molar-refractivity contribution in [2.75, 3.05) is 11.4 Å². The first-order chi connectivity index (χ1) is 14.5. The molecule has 1 amide bonds. The zero-order valence-electron chi connectivity index (χ0n) is 17.0. The number of nitrogens with one attached hydrogen (secondary N) is 1. The maximum atomic E-state index is 12.8. The molecule has 7 nitrogen and oxygen atoms in total. The third-order valence-corrected chi connectivity index (χ3v) is 5.70. The van der Waals surface area contributed by atoms with Crippen LogP contribution in [0.3, 0.4) is 0 Å². The molecule has 2 aromatic heterocycles. The molecule has 0 spiro atoms. The molecule has 1 aliphatic heterocycles. The van der Waals surface area contributed by atoms with Gasteiger partial charge in [0.05, 0.1) is 5.69 Å². The van der Waals surface area contributed by atoms with Gasteiger partial charge in [0.25, 0.3) is 5.56 Å². The molecule has 1 atom stereocenters. The average Bonchev–Trinajstić information content (AvgIpc) is 3.25. The van der Waals surface area contributed by atoms with E-state index in [2.05, 4.69) is 15.4 Å². The Morgan fingerprint density at radius 2 is 2.00 bits per heavy atom. The number of carbonyl (C=O) groups excluding carboxylic acids is 1. The largest absolute Gasteiger partial charge is 0.350 e. The Labute approximate surface area is 179 Å². The quantitative estimate of drug-likeness (QED) is 0.679. The third kappa shape index (κ3) is 3.89. The number of hydrogen-bond donors (Lipinski definition) is 1. The van der Waals surface area contributed by atoms with Crippen LogP contribution in [0.2, 0.25) is 5.02 Å². The van der Waals surface area contributed by atoms with Gasteiger partial charge in [-0.05, 0) is 36.5 Å². The fraction of sp³-hybridized carbons (Fsp3) is 0.364. The fourth-order valence-electron chi connectivity index (χ4n) is 3.77. The molecule has 8 heteroatoms. The molecule has 3 aromatic rings. The molecular weight excluding hydrogens is 402 g/mol. The summed E-state index contributed by atoms with van der Waals surface area (Å²) in [6.45, 7) is 5.05. The van der Waals surface area contributed by atoms with Gasteiger partial charge in [0.2, 0.25) is 5.91 Å². The van der Waals surface area contributed by atoms with Crippen LogP contribution in [-0.4, -0.2) is 33.1 Å². The van der Waals surface area contributed by atoms with Gasteiger partial charge in [0, 0.05) is 13.1 Å². The van der Waals surface area contributed by atoms with E-state index < -0.39 is 5.56 Å². The zero-order valence-corrected chi connectivity index (χ0v) is 17.8. The van der Waals surface area contributed by atoms with Crippen LogP contribution in [0.15, 0.2) is 47.3 Å². The van der Waals surface area contributed by atoms with Crippen LogP contribution in [0.1, 0.15) is 43.9 Å². The number of hydrogen-bond acceptors (Lipinski definition) is 5. The van der Waals surface area contributed by atoms with E-state index in [1.165, 1.54) is 4.52 Å². The highest BCUT2D eigenvalue weighted by atomic mass is 35.5. The summed E-state index contributed by atoms with van der Waals surface area (Å²) in [6, 6.07) is 13.0. The minimum absolute atomic E-state index is 0.0335. The van der Waals surface area contributed by atoms with Crippen molar-refractivity contribution in [3.8, 4) is 0 Å².